The van der Waals surface area contributed by atoms with E-state index < -0.39 is 23.8 Å². The van der Waals surface area contributed by atoms with Crippen LogP contribution in [0.25, 0.3) is 0 Å². The number of β-amino-alcohol motifs (C(OH)–C–C–N with tert-alkyl or cyclic N) is 1. The minimum atomic E-state index is -0.955. The number of rotatable bonds is 2. The second-order valence-electron chi connectivity index (χ2n) is 6.77. The highest BCUT2D eigenvalue weighted by atomic mass is 19.2. The van der Waals surface area contributed by atoms with Gasteiger partial charge in [-0.2, -0.15) is 5.10 Å². The predicted octanol–water partition coefficient (Wildman–Crippen LogP) is 2.51. The molecule has 1 aliphatic heterocycles. The summed E-state index contributed by atoms with van der Waals surface area (Å²) in [6.45, 7) is 0.157. The number of halogens is 2. The van der Waals surface area contributed by atoms with E-state index in [1.807, 2.05) is 0 Å². The topological polar surface area (TPSA) is 69.2 Å². The van der Waals surface area contributed by atoms with Gasteiger partial charge in [0.1, 0.15) is 0 Å². The fraction of sp³-hybridized carbons (Fsp3) is 0.444. The number of amides is 1. The average molecular weight is 347 g/mol. The predicted molar refractivity (Wildman–Crippen MR) is 86.0 cm³/mol. The van der Waals surface area contributed by atoms with Crippen molar-refractivity contribution in [2.45, 2.75) is 44.2 Å². The summed E-state index contributed by atoms with van der Waals surface area (Å²) in [6, 6.07) is 3.11. The van der Waals surface area contributed by atoms with Gasteiger partial charge in [-0.1, -0.05) is 6.07 Å². The Bertz CT molecular complexity index is 821. The van der Waals surface area contributed by atoms with Crippen molar-refractivity contribution in [3.05, 3.63) is 52.3 Å². The molecule has 0 bridgehead atoms. The lowest BCUT2D eigenvalue weighted by atomic mass is 9.95. The molecule has 4 rings (SSSR count). The summed E-state index contributed by atoms with van der Waals surface area (Å²) in [7, 11) is 0. The standard InChI is InChI=1S/C18H19F2N3O2/c19-13-6-5-10(7-14(13)20)16-8-11(24)9-23(16)18(25)17-12-3-1-2-4-15(12)21-22-17/h5-7,11,16,24H,1-4,8-9H2,(H,21,22)/t11-,16+/m1/s1. The summed E-state index contributed by atoms with van der Waals surface area (Å²) < 4.78 is 26.8. The van der Waals surface area contributed by atoms with Crippen molar-refractivity contribution in [3.8, 4) is 0 Å². The van der Waals surface area contributed by atoms with Crippen molar-refractivity contribution in [2.24, 2.45) is 0 Å². The van der Waals surface area contributed by atoms with Crippen molar-refractivity contribution in [1.29, 1.82) is 0 Å². The van der Waals surface area contributed by atoms with Crippen LogP contribution >= 0.6 is 0 Å². The van der Waals surface area contributed by atoms with Crippen LogP contribution in [0.3, 0.4) is 0 Å². The third-order valence-electron chi connectivity index (χ3n) is 5.13. The second-order valence-corrected chi connectivity index (χ2v) is 6.77. The first-order valence-electron chi connectivity index (χ1n) is 8.54. The van der Waals surface area contributed by atoms with Gasteiger partial charge in [0.15, 0.2) is 17.3 Å². The fourth-order valence-electron chi connectivity index (χ4n) is 3.87. The number of carbonyl (C=O) groups is 1. The minimum Gasteiger partial charge on any atom is -0.391 e. The number of H-pyrrole nitrogens is 1. The summed E-state index contributed by atoms with van der Waals surface area (Å²) in [5.41, 5.74) is 2.81. The number of aromatic amines is 1. The number of hydrogen-bond acceptors (Lipinski definition) is 3. The number of aromatic nitrogens is 2. The van der Waals surface area contributed by atoms with Gasteiger partial charge in [0.05, 0.1) is 12.1 Å². The molecule has 7 heteroatoms. The van der Waals surface area contributed by atoms with E-state index in [0.29, 0.717) is 17.7 Å². The summed E-state index contributed by atoms with van der Waals surface area (Å²) >= 11 is 0. The number of benzene rings is 1. The molecule has 5 nitrogen and oxygen atoms in total. The Morgan fingerprint density at radius 3 is 2.84 bits per heavy atom. The van der Waals surface area contributed by atoms with Gasteiger partial charge >= 0.3 is 0 Å². The number of hydrogen-bond donors (Lipinski definition) is 2. The maximum atomic E-state index is 13.6. The lowest BCUT2D eigenvalue weighted by Crippen LogP contribution is -2.33. The Kier molecular flexibility index (Phi) is 4.03. The molecule has 0 radical (unpaired) electrons. The van der Waals surface area contributed by atoms with E-state index in [2.05, 4.69) is 10.2 Å². The number of aliphatic hydroxyl groups is 1. The molecule has 0 unspecified atom stereocenters. The van der Waals surface area contributed by atoms with E-state index in [9.17, 15) is 18.7 Å². The van der Waals surface area contributed by atoms with Crippen LogP contribution in [0.5, 0.6) is 0 Å². The molecule has 1 saturated heterocycles. The molecule has 2 atom stereocenters. The number of nitrogens with zero attached hydrogens (tertiary/aromatic N) is 2. The van der Waals surface area contributed by atoms with E-state index in [1.54, 1.807) is 0 Å². The van der Waals surface area contributed by atoms with Crippen LogP contribution in [0.2, 0.25) is 0 Å². The van der Waals surface area contributed by atoms with Crippen molar-refractivity contribution in [1.82, 2.24) is 15.1 Å². The fourth-order valence-corrected chi connectivity index (χ4v) is 3.87. The lowest BCUT2D eigenvalue weighted by Gasteiger charge is -2.25. The molecule has 1 fully saturated rings. The Morgan fingerprint density at radius 2 is 2.04 bits per heavy atom. The van der Waals surface area contributed by atoms with Gasteiger partial charge in [-0.25, -0.2) is 8.78 Å². The smallest absolute Gasteiger partial charge is 0.275 e. The Hall–Kier alpha value is -2.28. The van der Waals surface area contributed by atoms with Crippen molar-refractivity contribution in [2.75, 3.05) is 6.54 Å². The van der Waals surface area contributed by atoms with E-state index in [-0.39, 0.29) is 12.5 Å². The van der Waals surface area contributed by atoms with Gasteiger partial charge in [0.2, 0.25) is 0 Å². The number of fused-ring (bicyclic) bond motifs is 1. The van der Waals surface area contributed by atoms with Gasteiger partial charge in [-0.05, 0) is 49.8 Å². The lowest BCUT2D eigenvalue weighted by molar-refractivity contribution is 0.0708. The van der Waals surface area contributed by atoms with Gasteiger partial charge < -0.3 is 10.0 Å². The van der Waals surface area contributed by atoms with Gasteiger partial charge in [-0.3, -0.25) is 9.89 Å². The minimum absolute atomic E-state index is 0.157. The second kappa shape index (κ2) is 6.22. The van der Waals surface area contributed by atoms with Crippen molar-refractivity contribution in [3.63, 3.8) is 0 Å². The molecule has 0 spiro atoms. The molecule has 1 aromatic carbocycles. The SMILES string of the molecule is O=C(c1n[nH]c2c1CCCC2)N1C[C@H](O)C[C@H]1c1ccc(F)c(F)c1. The molecule has 132 valence electrons. The highest BCUT2D eigenvalue weighted by molar-refractivity contribution is 5.94. The zero-order valence-corrected chi connectivity index (χ0v) is 13.6. The van der Waals surface area contributed by atoms with E-state index in [4.69, 9.17) is 0 Å². The molecule has 25 heavy (non-hydrogen) atoms. The molecule has 2 aliphatic rings. The van der Waals surface area contributed by atoms with E-state index >= 15 is 0 Å². The highest BCUT2D eigenvalue weighted by Gasteiger charge is 2.38. The molecule has 1 amide bonds. The third kappa shape index (κ3) is 2.82. The van der Waals surface area contributed by atoms with Crippen molar-refractivity contribution >= 4 is 5.91 Å². The normalized spacial score (nSPS) is 22.9. The monoisotopic (exact) mass is 347 g/mol. The first kappa shape index (κ1) is 16.2. The number of likely N-dealkylation sites (tertiary alicyclic amines) is 1. The quantitative estimate of drug-likeness (QED) is 0.877. The molecular formula is C18H19F2N3O2. The summed E-state index contributed by atoms with van der Waals surface area (Å²) in [5, 5.41) is 17.2. The largest absolute Gasteiger partial charge is 0.391 e. The Labute approximate surface area is 143 Å². The van der Waals surface area contributed by atoms with Crippen LogP contribution in [-0.2, 0) is 12.8 Å². The van der Waals surface area contributed by atoms with Gasteiger partial charge in [0, 0.05) is 17.8 Å². The Balaban J connectivity index is 1.66. The maximum absolute atomic E-state index is 13.6. The third-order valence-corrected chi connectivity index (χ3v) is 5.13. The number of aliphatic hydroxyl groups excluding tert-OH is 1. The van der Waals surface area contributed by atoms with Crippen molar-refractivity contribution < 1.29 is 18.7 Å². The van der Waals surface area contributed by atoms with E-state index in [0.717, 1.165) is 49.1 Å². The van der Waals surface area contributed by atoms with E-state index in [1.165, 1.54) is 11.0 Å². The zero-order valence-electron chi connectivity index (χ0n) is 13.6. The average Bonchev–Trinajstić information content (AvgIpc) is 3.20. The molecule has 1 aliphatic carbocycles. The zero-order chi connectivity index (χ0) is 17.6. The number of carbonyl (C=O) groups excluding carboxylic acids is 1. The number of nitrogens with one attached hydrogen (secondary N) is 1. The van der Waals surface area contributed by atoms with Crippen LogP contribution in [0.4, 0.5) is 8.78 Å². The van der Waals surface area contributed by atoms with Crippen LogP contribution in [0.1, 0.15) is 52.6 Å². The summed E-state index contributed by atoms with van der Waals surface area (Å²) in [6.07, 6.45) is 3.37. The molecular weight excluding hydrogens is 328 g/mol. The van der Waals surface area contributed by atoms with Crippen LogP contribution in [0.15, 0.2) is 18.2 Å². The van der Waals surface area contributed by atoms with Gasteiger partial charge in [0.25, 0.3) is 5.91 Å². The summed E-state index contributed by atoms with van der Waals surface area (Å²) in [5.74, 6) is -2.16. The van der Waals surface area contributed by atoms with Crippen LogP contribution in [0, 0.1) is 11.6 Å². The maximum Gasteiger partial charge on any atom is 0.275 e. The molecule has 2 aromatic rings. The number of aryl methyl sites for hydroxylation is 1. The Morgan fingerprint density at radius 1 is 1.24 bits per heavy atom. The van der Waals surface area contributed by atoms with Crippen LogP contribution in [-0.4, -0.2) is 38.8 Å². The summed E-state index contributed by atoms with van der Waals surface area (Å²) in [4.78, 5) is 14.5. The highest BCUT2D eigenvalue weighted by Crippen LogP contribution is 2.35. The van der Waals surface area contributed by atoms with Gasteiger partial charge in [-0.15, -0.1) is 0 Å². The van der Waals surface area contributed by atoms with Crippen LogP contribution < -0.4 is 0 Å². The first-order chi connectivity index (χ1) is 12.0. The first-order valence-corrected chi connectivity index (χ1v) is 8.54. The molecule has 2 heterocycles. The molecule has 2 N–H and O–H groups in total. The molecule has 1 aromatic heterocycles. The molecule has 0 saturated carbocycles.